The van der Waals surface area contributed by atoms with Crippen LogP contribution in [0.2, 0.25) is 5.02 Å². The Balaban J connectivity index is 1.90. The van der Waals surface area contributed by atoms with Crippen molar-refractivity contribution in [1.29, 1.82) is 0 Å². The SMILES string of the molecule is CCOc1ccc(C(=O)OCC(=O)NCc2ccc(F)cc2Cl)cc1OCC. The predicted octanol–water partition coefficient (Wildman–Crippen LogP) is 3.75. The van der Waals surface area contributed by atoms with Gasteiger partial charge >= 0.3 is 5.97 Å². The number of hydrogen-bond donors (Lipinski definition) is 1. The van der Waals surface area contributed by atoms with Crippen molar-refractivity contribution in [2.75, 3.05) is 19.8 Å². The van der Waals surface area contributed by atoms with Gasteiger partial charge in [0, 0.05) is 11.6 Å². The van der Waals surface area contributed by atoms with E-state index in [4.69, 9.17) is 25.8 Å². The van der Waals surface area contributed by atoms with E-state index in [1.54, 1.807) is 6.07 Å². The van der Waals surface area contributed by atoms with Crippen LogP contribution in [0.1, 0.15) is 29.8 Å². The van der Waals surface area contributed by atoms with Gasteiger partial charge in [0.1, 0.15) is 5.82 Å². The molecule has 2 rings (SSSR count). The van der Waals surface area contributed by atoms with Gasteiger partial charge in [0.15, 0.2) is 18.1 Å². The zero-order chi connectivity index (χ0) is 20.5. The van der Waals surface area contributed by atoms with Gasteiger partial charge in [-0.25, -0.2) is 9.18 Å². The minimum atomic E-state index is -0.668. The second-order valence-corrected chi connectivity index (χ2v) is 6.02. The highest BCUT2D eigenvalue weighted by Gasteiger charge is 2.14. The Morgan fingerprint density at radius 1 is 1.04 bits per heavy atom. The number of amides is 1. The quantitative estimate of drug-likeness (QED) is 0.638. The summed E-state index contributed by atoms with van der Waals surface area (Å²) in [5.41, 5.74) is 0.789. The van der Waals surface area contributed by atoms with Crippen LogP contribution < -0.4 is 14.8 Å². The average Bonchev–Trinajstić information content (AvgIpc) is 2.67. The molecule has 0 atom stereocenters. The molecule has 0 saturated heterocycles. The van der Waals surface area contributed by atoms with Crippen molar-refractivity contribution < 1.29 is 28.2 Å². The third-order valence-electron chi connectivity index (χ3n) is 3.60. The molecule has 1 N–H and O–H groups in total. The lowest BCUT2D eigenvalue weighted by molar-refractivity contribution is -0.124. The fourth-order valence-electron chi connectivity index (χ4n) is 2.30. The summed E-state index contributed by atoms with van der Waals surface area (Å²) in [6.07, 6.45) is 0. The maximum Gasteiger partial charge on any atom is 0.338 e. The van der Waals surface area contributed by atoms with Gasteiger partial charge in [-0.15, -0.1) is 0 Å². The molecule has 2 aromatic carbocycles. The van der Waals surface area contributed by atoms with Crippen LogP contribution in [0.5, 0.6) is 11.5 Å². The normalized spacial score (nSPS) is 10.3. The van der Waals surface area contributed by atoms with E-state index in [2.05, 4.69) is 5.32 Å². The molecule has 28 heavy (non-hydrogen) atoms. The van der Waals surface area contributed by atoms with Crippen LogP contribution in [0, 0.1) is 5.82 Å². The Bertz CT molecular complexity index is 843. The van der Waals surface area contributed by atoms with E-state index in [-0.39, 0.29) is 17.1 Å². The van der Waals surface area contributed by atoms with Gasteiger partial charge in [-0.2, -0.15) is 0 Å². The van der Waals surface area contributed by atoms with Crippen LogP contribution in [0.4, 0.5) is 4.39 Å². The first-order valence-corrected chi connectivity index (χ1v) is 9.09. The number of benzene rings is 2. The summed E-state index contributed by atoms with van der Waals surface area (Å²) in [4.78, 5) is 24.1. The maximum absolute atomic E-state index is 13.0. The molecule has 0 spiro atoms. The Kier molecular flexibility index (Phi) is 8.07. The molecule has 0 bridgehead atoms. The van der Waals surface area contributed by atoms with Gasteiger partial charge in [0.05, 0.1) is 18.8 Å². The molecule has 0 aliphatic carbocycles. The van der Waals surface area contributed by atoms with Crippen molar-refractivity contribution in [3.63, 3.8) is 0 Å². The molecule has 2 aromatic rings. The smallest absolute Gasteiger partial charge is 0.338 e. The number of halogens is 2. The lowest BCUT2D eigenvalue weighted by Gasteiger charge is -2.12. The first-order valence-electron chi connectivity index (χ1n) is 8.72. The van der Waals surface area contributed by atoms with E-state index >= 15 is 0 Å². The van der Waals surface area contributed by atoms with Crippen LogP contribution in [0.25, 0.3) is 0 Å². The Labute approximate surface area is 167 Å². The number of esters is 1. The third kappa shape index (κ3) is 6.13. The van der Waals surface area contributed by atoms with Crippen molar-refractivity contribution >= 4 is 23.5 Å². The molecular weight excluding hydrogens is 389 g/mol. The molecule has 150 valence electrons. The highest BCUT2D eigenvalue weighted by molar-refractivity contribution is 6.31. The first kappa shape index (κ1) is 21.5. The molecule has 8 heteroatoms. The summed E-state index contributed by atoms with van der Waals surface area (Å²) in [5.74, 6) is -0.691. The molecule has 1 amide bonds. The molecule has 0 unspecified atom stereocenters. The summed E-state index contributed by atoms with van der Waals surface area (Å²) >= 11 is 5.90. The van der Waals surface area contributed by atoms with Crippen LogP contribution in [0.3, 0.4) is 0 Å². The number of carbonyl (C=O) groups excluding carboxylic acids is 2. The first-order chi connectivity index (χ1) is 13.4. The number of ether oxygens (including phenoxy) is 3. The number of rotatable bonds is 9. The van der Waals surface area contributed by atoms with Crippen LogP contribution in [-0.2, 0) is 16.1 Å². The largest absolute Gasteiger partial charge is 0.490 e. The fraction of sp³-hybridized carbons (Fsp3) is 0.300. The van der Waals surface area contributed by atoms with Crippen molar-refractivity contribution in [3.8, 4) is 11.5 Å². The molecular formula is C20H21ClFNO5. The summed E-state index contributed by atoms with van der Waals surface area (Å²) in [7, 11) is 0. The zero-order valence-electron chi connectivity index (χ0n) is 15.6. The Hall–Kier alpha value is -2.80. The van der Waals surface area contributed by atoms with Crippen molar-refractivity contribution in [2.24, 2.45) is 0 Å². The van der Waals surface area contributed by atoms with E-state index in [0.717, 1.165) is 6.07 Å². The van der Waals surface area contributed by atoms with Gasteiger partial charge in [-0.05, 0) is 49.7 Å². The molecule has 6 nitrogen and oxygen atoms in total. The molecule has 0 saturated carbocycles. The second-order valence-electron chi connectivity index (χ2n) is 5.62. The average molecular weight is 410 g/mol. The summed E-state index contributed by atoms with van der Waals surface area (Å²) in [5, 5.41) is 2.76. The number of hydrogen-bond acceptors (Lipinski definition) is 5. The number of nitrogens with one attached hydrogen (secondary N) is 1. The van der Waals surface area contributed by atoms with Crippen LogP contribution in [0.15, 0.2) is 36.4 Å². The minimum Gasteiger partial charge on any atom is -0.490 e. The highest BCUT2D eigenvalue weighted by atomic mass is 35.5. The molecule has 0 radical (unpaired) electrons. The third-order valence-corrected chi connectivity index (χ3v) is 3.96. The fourth-order valence-corrected chi connectivity index (χ4v) is 2.54. The van der Waals surface area contributed by atoms with Gasteiger partial charge < -0.3 is 19.5 Å². The Morgan fingerprint density at radius 3 is 2.43 bits per heavy atom. The summed E-state index contributed by atoms with van der Waals surface area (Å²) < 4.78 is 28.9. The van der Waals surface area contributed by atoms with Crippen LogP contribution in [-0.4, -0.2) is 31.7 Å². The van der Waals surface area contributed by atoms with E-state index in [9.17, 15) is 14.0 Å². The monoisotopic (exact) mass is 409 g/mol. The van der Waals surface area contributed by atoms with Crippen LogP contribution >= 0.6 is 11.6 Å². The van der Waals surface area contributed by atoms with Gasteiger partial charge in [0.25, 0.3) is 5.91 Å². The summed E-state index contributed by atoms with van der Waals surface area (Å²) in [6, 6.07) is 8.53. The lowest BCUT2D eigenvalue weighted by Crippen LogP contribution is -2.28. The van der Waals surface area contributed by atoms with Crippen molar-refractivity contribution in [2.45, 2.75) is 20.4 Å². The molecule has 0 heterocycles. The van der Waals surface area contributed by atoms with E-state index in [1.807, 2.05) is 13.8 Å². The van der Waals surface area contributed by atoms with E-state index in [1.165, 1.54) is 24.3 Å². The van der Waals surface area contributed by atoms with Gasteiger partial charge in [-0.3, -0.25) is 4.79 Å². The highest BCUT2D eigenvalue weighted by Crippen LogP contribution is 2.28. The van der Waals surface area contributed by atoms with Crippen molar-refractivity contribution in [3.05, 3.63) is 58.4 Å². The van der Waals surface area contributed by atoms with Gasteiger partial charge in [0.2, 0.25) is 0 Å². The zero-order valence-corrected chi connectivity index (χ0v) is 16.3. The standard InChI is InChI=1S/C20H21ClFNO5/c1-3-26-17-8-6-13(9-18(17)27-4-2)20(25)28-12-19(24)23-11-14-5-7-15(22)10-16(14)21/h5-10H,3-4,11-12H2,1-2H3,(H,23,24). The predicted molar refractivity (Wildman–Crippen MR) is 102 cm³/mol. The maximum atomic E-state index is 13.0. The molecule has 0 aliphatic heterocycles. The van der Waals surface area contributed by atoms with E-state index < -0.39 is 24.3 Å². The summed E-state index contributed by atoms with van der Waals surface area (Å²) in [6.45, 7) is 4.16. The van der Waals surface area contributed by atoms with E-state index in [0.29, 0.717) is 30.3 Å². The molecule has 0 fully saturated rings. The number of carbonyl (C=O) groups is 2. The molecule has 0 aliphatic rings. The lowest BCUT2D eigenvalue weighted by atomic mass is 10.2. The Morgan fingerprint density at radius 2 is 1.75 bits per heavy atom. The second kappa shape index (κ2) is 10.5. The van der Waals surface area contributed by atoms with Crippen molar-refractivity contribution in [1.82, 2.24) is 5.32 Å². The topological polar surface area (TPSA) is 73.9 Å². The molecule has 0 aromatic heterocycles. The minimum absolute atomic E-state index is 0.0903. The van der Waals surface area contributed by atoms with Gasteiger partial charge in [-0.1, -0.05) is 17.7 Å².